The van der Waals surface area contributed by atoms with E-state index >= 15 is 0 Å². The van der Waals surface area contributed by atoms with Crippen molar-refractivity contribution >= 4 is 16.9 Å². The molecule has 0 radical (unpaired) electrons. The summed E-state index contributed by atoms with van der Waals surface area (Å²) in [6.07, 6.45) is 4.10. The molecule has 0 atom stereocenters. The molecule has 0 amide bonds. The third-order valence-corrected chi connectivity index (χ3v) is 2.69. The fourth-order valence-corrected chi connectivity index (χ4v) is 1.38. The second kappa shape index (κ2) is 5.89. The molecular formula is C9H16N2S. The zero-order valence-corrected chi connectivity index (χ0v) is 8.90. The van der Waals surface area contributed by atoms with Crippen molar-refractivity contribution in [2.75, 3.05) is 7.05 Å². The van der Waals surface area contributed by atoms with Crippen LogP contribution < -0.4 is 5.73 Å². The Kier molecular flexibility index (Phi) is 5.54. The molecule has 0 spiro atoms. The maximum absolute atomic E-state index is 5.59. The molecule has 2 nitrogen and oxygen atoms in total. The Balaban J connectivity index is 4.42. The van der Waals surface area contributed by atoms with Crippen molar-refractivity contribution in [2.45, 2.75) is 20.8 Å². The molecule has 12 heavy (non-hydrogen) atoms. The van der Waals surface area contributed by atoms with Gasteiger partial charge >= 0.3 is 0 Å². The molecule has 0 aliphatic carbocycles. The first kappa shape index (κ1) is 11.3. The van der Waals surface area contributed by atoms with Gasteiger partial charge in [0.1, 0.15) is 0 Å². The zero-order chi connectivity index (χ0) is 9.56. The van der Waals surface area contributed by atoms with Crippen LogP contribution in [0.4, 0.5) is 0 Å². The van der Waals surface area contributed by atoms with Crippen LogP contribution in [0.3, 0.4) is 0 Å². The zero-order valence-electron chi connectivity index (χ0n) is 8.09. The number of hydrogen-bond acceptors (Lipinski definition) is 2. The fraction of sp³-hybridized carbons (Fsp3) is 0.444. The van der Waals surface area contributed by atoms with E-state index in [9.17, 15) is 0 Å². The summed E-state index contributed by atoms with van der Waals surface area (Å²) in [5, 5.41) is 0.601. The Morgan fingerprint density at radius 2 is 1.92 bits per heavy atom. The number of nitrogens with two attached hydrogens (primary N) is 1. The quantitative estimate of drug-likeness (QED) is 0.407. The minimum atomic E-state index is 0.601. The summed E-state index contributed by atoms with van der Waals surface area (Å²) in [4.78, 5) is 5.05. The molecule has 0 heterocycles. The molecule has 3 heteroatoms. The molecule has 0 aromatic heterocycles. The standard InChI is InChI=1S/C9H16N2S/c1-5-7(3)8(6-2)12-9(10)11-4/h5-6H,1-4H3,(H2,10,11)/b7-5+,8-6-. The number of nitrogens with zero attached hydrogens (tertiary/aromatic N) is 1. The van der Waals surface area contributed by atoms with E-state index in [-0.39, 0.29) is 0 Å². The second-order valence-corrected chi connectivity index (χ2v) is 3.35. The van der Waals surface area contributed by atoms with E-state index in [0.717, 1.165) is 0 Å². The highest BCUT2D eigenvalue weighted by molar-refractivity contribution is 8.17. The molecule has 68 valence electrons. The van der Waals surface area contributed by atoms with Crippen LogP contribution in [0.5, 0.6) is 0 Å². The van der Waals surface area contributed by atoms with Gasteiger partial charge in [-0.15, -0.1) is 0 Å². The molecule has 0 aromatic rings. The van der Waals surface area contributed by atoms with E-state index in [4.69, 9.17) is 5.73 Å². The molecular weight excluding hydrogens is 168 g/mol. The van der Waals surface area contributed by atoms with Crippen molar-refractivity contribution in [3.63, 3.8) is 0 Å². The number of aliphatic imine (C=N–C) groups is 1. The third kappa shape index (κ3) is 3.62. The summed E-state index contributed by atoms with van der Waals surface area (Å²) in [5.74, 6) is 0. The van der Waals surface area contributed by atoms with E-state index in [1.807, 2.05) is 19.9 Å². The van der Waals surface area contributed by atoms with Crippen LogP contribution in [-0.4, -0.2) is 12.2 Å². The van der Waals surface area contributed by atoms with Gasteiger partial charge in [0.2, 0.25) is 0 Å². The van der Waals surface area contributed by atoms with Crippen LogP contribution >= 0.6 is 11.8 Å². The van der Waals surface area contributed by atoms with Crippen molar-refractivity contribution in [1.82, 2.24) is 0 Å². The maximum atomic E-state index is 5.59. The van der Waals surface area contributed by atoms with Crippen molar-refractivity contribution in [3.8, 4) is 0 Å². The molecule has 2 N–H and O–H groups in total. The summed E-state index contributed by atoms with van der Waals surface area (Å²) < 4.78 is 0. The third-order valence-electron chi connectivity index (χ3n) is 1.52. The lowest BCUT2D eigenvalue weighted by molar-refractivity contribution is 1.43. The number of rotatable bonds is 2. The summed E-state index contributed by atoms with van der Waals surface area (Å²) in [5.41, 5.74) is 6.82. The topological polar surface area (TPSA) is 38.4 Å². The molecule has 0 aromatic carbocycles. The van der Waals surface area contributed by atoms with E-state index < -0.39 is 0 Å². The number of hydrogen-bond donors (Lipinski definition) is 1. The van der Waals surface area contributed by atoms with Gasteiger partial charge in [0.05, 0.1) is 0 Å². The molecule has 0 aliphatic heterocycles. The summed E-state index contributed by atoms with van der Waals surface area (Å²) >= 11 is 1.50. The second-order valence-electron chi connectivity index (χ2n) is 2.29. The molecule has 0 fully saturated rings. The summed E-state index contributed by atoms with van der Waals surface area (Å²) in [7, 11) is 1.70. The Hall–Kier alpha value is -0.700. The highest BCUT2D eigenvalue weighted by Crippen LogP contribution is 2.23. The van der Waals surface area contributed by atoms with Crippen LogP contribution in [0.1, 0.15) is 20.8 Å². The number of amidine groups is 1. The van der Waals surface area contributed by atoms with Crippen LogP contribution in [0.15, 0.2) is 27.6 Å². The Bertz CT molecular complexity index is 227. The van der Waals surface area contributed by atoms with Crippen LogP contribution in [0.2, 0.25) is 0 Å². The van der Waals surface area contributed by atoms with E-state index in [2.05, 4.69) is 18.0 Å². The van der Waals surface area contributed by atoms with Gasteiger partial charge < -0.3 is 5.73 Å². The molecule has 0 saturated carbocycles. The van der Waals surface area contributed by atoms with Crippen molar-refractivity contribution in [3.05, 3.63) is 22.6 Å². The SMILES string of the molecule is C/C=C(SC(N)=NC)/C(C)=C/C. The minimum Gasteiger partial charge on any atom is -0.378 e. The van der Waals surface area contributed by atoms with E-state index in [1.165, 1.54) is 22.2 Å². The Morgan fingerprint density at radius 3 is 2.25 bits per heavy atom. The van der Waals surface area contributed by atoms with E-state index in [1.54, 1.807) is 7.05 Å². The lowest BCUT2D eigenvalue weighted by atomic mass is 10.3. The monoisotopic (exact) mass is 184 g/mol. The van der Waals surface area contributed by atoms with E-state index in [0.29, 0.717) is 5.17 Å². The highest BCUT2D eigenvalue weighted by atomic mass is 32.2. The smallest absolute Gasteiger partial charge is 0.158 e. The molecule has 0 bridgehead atoms. The molecule has 0 saturated heterocycles. The van der Waals surface area contributed by atoms with Crippen LogP contribution in [-0.2, 0) is 0 Å². The molecule has 0 rings (SSSR count). The first-order valence-corrected chi connectivity index (χ1v) is 4.67. The largest absolute Gasteiger partial charge is 0.378 e. The molecule has 0 aliphatic rings. The van der Waals surface area contributed by atoms with Gasteiger partial charge in [-0.25, -0.2) is 0 Å². The predicted molar refractivity (Wildman–Crippen MR) is 58.3 cm³/mol. The molecule has 0 unspecified atom stereocenters. The van der Waals surface area contributed by atoms with Crippen molar-refractivity contribution < 1.29 is 0 Å². The summed E-state index contributed by atoms with van der Waals surface area (Å²) in [6, 6.07) is 0. The summed E-state index contributed by atoms with van der Waals surface area (Å²) in [6.45, 7) is 6.07. The Labute approximate surface area is 78.6 Å². The van der Waals surface area contributed by atoms with Gasteiger partial charge in [0.15, 0.2) is 5.17 Å². The maximum Gasteiger partial charge on any atom is 0.158 e. The van der Waals surface area contributed by atoms with Crippen molar-refractivity contribution in [2.24, 2.45) is 10.7 Å². The minimum absolute atomic E-state index is 0.601. The van der Waals surface area contributed by atoms with Crippen LogP contribution in [0, 0.1) is 0 Å². The number of thioether (sulfide) groups is 1. The van der Waals surface area contributed by atoms with Gasteiger partial charge in [-0.2, -0.15) is 0 Å². The van der Waals surface area contributed by atoms with Crippen LogP contribution in [0.25, 0.3) is 0 Å². The van der Waals surface area contributed by atoms with Gasteiger partial charge in [0, 0.05) is 12.0 Å². The average molecular weight is 184 g/mol. The van der Waals surface area contributed by atoms with Gasteiger partial charge in [-0.3, -0.25) is 4.99 Å². The van der Waals surface area contributed by atoms with Gasteiger partial charge in [-0.1, -0.05) is 23.9 Å². The van der Waals surface area contributed by atoms with Crippen molar-refractivity contribution in [1.29, 1.82) is 0 Å². The normalized spacial score (nSPS) is 15.2. The highest BCUT2D eigenvalue weighted by Gasteiger charge is 2.00. The average Bonchev–Trinajstić information content (AvgIpc) is 2.12. The first-order chi connectivity index (χ1) is 5.65. The fourth-order valence-electron chi connectivity index (χ4n) is 0.668. The predicted octanol–water partition coefficient (Wildman–Crippen LogP) is 2.53. The van der Waals surface area contributed by atoms with Gasteiger partial charge in [-0.05, 0) is 26.3 Å². The van der Waals surface area contributed by atoms with Gasteiger partial charge in [0.25, 0.3) is 0 Å². The lowest BCUT2D eigenvalue weighted by Crippen LogP contribution is -2.06. The lowest BCUT2D eigenvalue weighted by Gasteiger charge is -2.04. The Morgan fingerprint density at radius 1 is 1.33 bits per heavy atom. The first-order valence-electron chi connectivity index (χ1n) is 3.85. The number of allylic oxidation sites excluding steroid dienone is 3.